The van der Waals surface area contributed by atoms with E-state index in [9.17, 15) is 14.2 Å². The van der Waals surface area contributed by atoms with Crippen LogP contribution in [0.1, 0.15) is 33.6 Å². The molecule has 0 saturated heterocycles. The molecule has 0 unspecified atom stereocenters. The maximum absolute atomic E-state index is 11.8. The molecule has 21 heavy (non-hydrogen) atoms. The summed E-state index contributed by atoms with van der Waals surface area (Å²) in [5, 5.41) is 0. The van der Waals surface area contributed by atoms with E-state index in [2.05, 4.69) is 0 Å². The van der Waals surface area contributed by atoms with Crippen molar-refractivity contribution < 1.29 is 27.9 Å². The molecule has 1 amide bonds. The Balaban J connectivity index is 4.12. The van der Waals surface area contributed by atoms with Gasteiger partial charge in [0.05, 0.1) is 0 Å². The number of Topliss-reactive ketones (excluding diaryl/α,β-unsaturated/α-hetero) is 1. The highest BCUT2D eigenvalue weighted by atomic mass is 31.2. The van der Waals surface area contributed by atoms with Gasteiger partial charge in [0.2, 0.25) is 0 Å². The fourth-order valence-corrected chi connectivity index (χ4v) is 2.44. The molecule has 0 aliphatic carbocycles. The van der Waals surface area contributed by atoms with Gasteiger partial charge in [-0.2, -0.15) is 0 Å². The quantitative estimate of drug-likeness (QED) is 0.639. The second-order valence-electron chi connectivity index (χ2n) is 5.68. The van der Waals surface area contributed by atoms with Crippen LogP contribution in [-0.2, 0) is 23.1 Å². The molecule has 0 rings (SSSR count). The molecular formula is C13H26NO6P. The number of ketones is 1. The zero-order chi connectivity index (χ0) is 16.7. The van der Waals surface area contributed by atoms with E-state index in [-0.39, 0.29) is 18.4 Å². The number of amides is 1. The Hall–Kier alpha value is -0.910. The summed E-state index contributed by atoms with van der Waals surface area (Å²) < 4.78 is 26.4. The van der Waals surface area contributed by atoms with Gasteiger partial charge in [-0.25, -0.2) is 4.79 Å². The van der Waals surface area contributed by atoms with Crippen LogP contribution < -0.4 is 0 Å². The van der Waals surface area contributed by atoms with E-state index >= 15 is 0 Å². The summed E-state index contributed by atoms with van der Waals surface area (Å²) in [6, 6.07) is 0. The van der Waals surface area contributed by atoms with Crippen LogP contribution in [-0.4, -0.2) is 56.4 Å². The van der Waals surface area contributed by atoms with E-state index in [0.717, 1.165) is 0 Å². The number of carbonyl (C=O) groups excluding carboxylic acids is 2. The summed E-state index contributed by atoms with van der Waals surface area (Å²) in [5.74, 6) is -0.223. The van der Waals surface area contributed by atoms with E-state index in [4.69, 9.17) is 13.8 Å². The maximum Gasteiger partial charge on any atom is 0.410 e. The Bertz CT molecular complexity index is 396. The third-order valence-electron chi connectivity index (χ3n) is 2.58. The SMILES string of the molecule is COP(=O)(CC(=O)CCCN(C)C(=O)OC(C)(C)C)OC. The van der Waals surface area contributed by atoms with Gasteiger partial charge in [0.25, 0.3) is 0 Å². The second-order valence-corrected chi connectivity index (χ2v) is 7.95. The number of hydrogen-bond acceptors (Lipinski definition) is 6. The number of nitrogens with zero attached hydrogens (tertiary/aromatic N) is 1. The minimum atomic E-state index is -3.30. The Morgan fingerprint density at radius 3 is 2.10 bits per heavy atom. The van der Waals surface area contributed by atoms with Crippen molar-refractivity contribution in [1.82, 2.24) is 4.90 Å². The molecule has 0 bridgehead atoms. The van der Waals surface area contributed by atoms with Gasteiger partial charge in [0.1, 0.15) is 17.5 Å². The maximum atomic E-state index is 11.8. The molecule has 0 aromatic heterocycles. The van der Waals surface area contributed by atoms with Gasteiger partial charge < -0.3 is 18.7 Å². The van der Waals surface area contributed by atoms with Crippen molar-refractivity contribution in [2.45, 2.75) is 39.2 Å². The molecule has 0 aromatic rings. The van der Waals surface area contributed by atoms with Crippen LogP contribution in [0.4, 0.5) is 4.79 Å². The first kappa shape index (κ1) is 20.1. The lowest BCUT2D eigenvalue weighted by molar-refractivity contribution is -0.117. The number of hydrogen-bond donors (Lipinski definition) is 0. The van der Waals surface area contributed by atoms with E-state index < -0.39 is 19.3 Å². The highest BCUT2D eigenvalue weighted by Gasteiger charge is 2.25. The van der Waals surface area contributed by atoms with E-state index in [1.807, 2.05) is 0 Å². The van der Waals surface area contributed by atoms with Crippen LogP contribution in [0.5, 0.6) is 0 Å². The molecule has 8 heteroatoms. The van der Waals surface area contributed by atoms with Crippen LogP contribution >= 0.6 is 7.60 Å². The number of rotatable bonds is 8. The third-order valence-corrected chi connectivity index (χ3v) is 4.43. The molecule has 0 fully saturated rings. The van der Waals surface area contributed by atoms with Gasteiger partial charge in [-0.3, -0.25) is 9.36 Å². The summed E-state index contributed by atoms with van der Waals surface area (Å²) in [6.45, 7) is 5.74. The van der Waals surface area contributed by atoms with E-state index in [0.29, 0.717) is 13.0 Å². The van der Waals surface area contributed by atoms with Crippen molar-refractivity contribution in [2.75, 3.05) is 34.0 Å². The fraction of sp³-hybridized carbons (Fsp3) is 0.846. The first-order chi connectivity index (χ1) is 9.53. The lowest BCUT2D eigenvalue weighted by Crippen LogP contribution is -2.34. The van der Waals surface area contributed by atoms with Crippen molar-refractivity contribution >= 4 is 19.5 Å². The molecule has 0 aliphatic heterocycles. The monoisotopic (exact) mass is 323 g/mol. The minimum Gasteiger partial charge on any atom is -0.444 e. The van der Waals surface area contributed by atoms with Crippen molar-refractivity contribution in [1.29, 1.82) is 0 Å². The predicted octanol–water partition coefficient (Wildman–Crippen LogP) is 2.69. The van der Waals surface area contributed by atoms with Gasteiger partial charge in [-0.05, 0) is 27.2 Å². The fourth-order valence-electron chi connectivity index (χ4n) is 1.44. The summed E-state index contributed by atoms with van der Waals surface area (Å²) in [4.78, 5) is 24.8. The first-order valence-electron chi connectivity index (χ1n) is 6.69. The number of ether oxygens (including phenoxy) is 1. The molecule has 0 N–H and O–H groups in total. The normalized spacial score (nSPS) is 12.1. The minimum absolute atomic E-state index is 0.198. The molecule has 0 spiro atoms. The van der Waals surface area contributed by atoms with Crippen LogP contribution in [0, 0.1) is 0 Å². The van der Waals surface area contributed by atoms with Crippen LogP contribution in [0.15, 0.2) is 0 Å². The molecule has 7 nitrogen and oxygen atoms in total. The first-order valence-corrected chi connectivity index (χ1v) is 8.42. The van der Waals surface area contributed by atoms with Gasteiger partial charge in [0.15, 0.2) is 0 Å². The zero-order valence-electron chi connectivity index (χ0n) is 13.7. The van der Waals surface area contributed by atoms with Gasteiger partial charge in [0, 0.05) is 34.2 Å². The molecular weight excluding hydrogens is 297 g/mol. The smallest absolute Gasteiger partial charge is 0.410 e. The Morgan fingerprint density at radius 2 is 1.67 bits per heavy atom. The molecule has 124 valence electrons. The van der Waals surface area contributed by atoms with Gasteiger partial charge in [-0.1, -0.05) is 0 Å². The van der Waals surface area contributed by atoms with Crippen molar-refractivity contribution in [3.8, 4) is 0 Å². The Kier molecular flexibility index (Phi) is 8.14. The zero-order valence-corrected chi connectivity index (χ0v) is 14.6. The van der Waals surface area contributed by atoms with Crippen molar-refractivity contribution in [2.24, 2.45) is 0 Å². The van der Waals surface area contributed by atoms with Crippen LogP contribution in [0.3, 0.4) is 0 Å². The predicted molar refractivity (Wildman–Crippen MR) is 79.6 cm³/mol. The molecule has 0 aromatic carbocycles. The molecule has 0 saturated carbocycles. The standard InChI is InChI=1S/C13H26NO6P/c1-13(2,3)20-12(16)14(4)9-7-8-11(15)10-21(17,18-5)19-6/h7-10H2,1-6H3. The lowest BCUT2D eigenvalue weighted by Gasteiger charge is -2.24. The summed E-state index contributed by atoms with van der Waals surface area (Å²) in [5.41, 5.74) is -0.551. The second kappa shape index (κ2) is 8.51. The highest BCUT2D eigenvalue weighted by molar-refractivity contribution is 7.54. The van der Waals surface area contributed by atoms with Crippen molar-refractivity contribution in [3.63, 3.8) is 0 Å². The van der Waals surface area contributed by atoms with E-state index in [1.165, 1.54) is 19.1 Å². The molecule has 0 radical (unpaired) electrons. The number of carbonyl (C=O) groups is 2. The Labute approximate surface area is 126 Å². The van der Waals surface area contributed by atoms with E-state index in [1.54, 1.807) is 27.8 Å². The van der Waals surface area contributed by atoms with Gasteiger partial charge in [-0.15, -0.1) is 0 Å². The molecule has 0 heterocycles. The van der Waals surface area contributed by atoms with Crippen molar-refractivity contribution in [3.05, 3.63) is 0 Å². The summed E-state index contributed by atoms with van der Waals surface area (Å²) in [7, 11) is 0.790. The van der Waals surface area contributed by atoms with Crippen LogP contribution in [0.2, 0.25) is 0 Å². The van der Waals surface area contributed by atoms with Crippen LogP contribution in [0.25, 0.3) is 0 Å². The summed E-state index contributed by atoms with van der Waals surface area (Å²) >= 11 is 0. The Morgan fingerprint density at radius 1 is 1.14 bits per heavy atom. The average molecular weight is 323 g/mol. The third kappa shape index (κ3) is 8.86. The molecule has 0 aliphatic rings. The lowest BCUT2D eigenvalue weighted by atomic mass is 10.2. The average Bonchev–Trinajstić information content (AvgIpc) is 2.36. The highest BCUT2D eigenvalue weighted by Crippen LogP contribution is 2.46. The largest absolute Gasteiger partial charge is 0.444 e. The molecule has 0 atom stereocenters. The van der Waals surface area contributed by atoms with Gasteiger partial charge >= 0.3 is 13.7 Å². The topological polar surface area (TPSA) is 82.1 Å². The summed E-state index contributed by atoms with van der Waals surface area (Å²) in [6.07, 6.45) is -0.0310.